The van der Waals surface area contributed by atoms with Crippen LogP contribution in [0.2, 0.25) is 0 Å². The number of hydrogen-bond acceptors (Lipinski definition) is 4. The Balaban J connectivity index is 1.89. The summed E-state index contributed by atoms with van der Waals surface area (Å²) >= 11 is 0. The molecule has 5 aromatic rings. The molecule has 0 atom stereocenters. The molecule has 0 aliphatic carbocycles. The van der Waals surface area contributed by atoms with Crippen LogP contribution in [0.1, 0.15) is 5.56 Å². The number of aromatic amines is 1. The van der Waals surface area contributed by atoms with Crippen LogP contribution in [0.5, 0.6) is 0 Å². The molecule has 0 bridgehead atoms. The molecule has 5 rings (SSSR count). The summed E-state index contributed by atoms with van der Waals surface area (Å²) in [6.07, 6.45) is 3.21. The van der Waals surface area contributed by atoms with Gasteiger partial charge in [-0.15, -0.1) is 0 Å². The normalized spacial score (nSPS) is 11.1. The monoisotopic (exact) mass is 354 g/mol. The van der Waals surface area contributed by atoms with E-state index in [1.807, 2.05) is 30.5 Å². The summed E-state index contributed by atoms with van der Waals surface area (Å²) in [5.74, 6) is 0.0200. The second-order valence-corrected chi connectivity index (χ2v) is 6.02. The molecule has 3 aromatic heterocycles. The lowest BCUT2D eigenvalue weighted by molar-refractivity contribution is 0.628. The van der Waals surface area contributed by atoms with Crippen molar-refractivity contribution in [3.63, 3.8) is 0 Å². The van der Waals surface area contributed by atoms with Gasteiger partial charge in [-0.3, -0.25) is 0 Å². The van der Waals surface area contributed by atoms with E-state index in [0.29, 0.717) is 28.3 Å². The number of benzene rings is 2. The maximum Gasteiger partial charge on any atom is 0.253 e. The number of nitrogens with one attached hydrogen (secondary N) is 1. The van der Waals surface area contributed by atoms with Crippen LogP contribution in [0, 0.1) is 17.1 Å². The predicted octanol–water partition coefficient (Wildman–Crippen LogP) is 3.95. The zero-order valence-electron chi connectivity index (χ0n) is 13.9. The van der Waals surface area contributed by atoms with Crippen molar-refractivity contribution in [2.45, 2.75) is 0 Å². The van der Waals surface area contributed by atoms with Gasteiger partial charge in [0.2, 0.25) is 0 Å². The quantitative estimate of drug-likeness (QED) is 0.520. The number of nitriles is 1. The van der Waals surface area contributed by atoms with E-state index in [9.17, 15) is 9.65 Å². The number of H-pyrrole nitrogens is 1. The van der Waals surface area contributed by atoms with Crippen molar-refractivity contribution in [3.8, 4) is 28.6 Å². The lowest BCUT2D eigenvalue weighted by Gasteiger charge is -2.10. The molecule has 0 radical (unpaired) electrons. The lowest BCUT2D eigenvalue weighted by Crippen LogP contribution is -2.03. The molecule has 0 aliphatic rings. The molecular weight excluding hydrogens is 343 g/mol. The molecule has 0 amide bonds. The zero-order valence-corrected chi connectivity index (χ0v) is 13.9. The van der Waals surface area contributed by atoms with Gasteiger partial charge >= 0.3 is 0 Å². The standard InChI is InChI=1S/C20H11FN6/c21-13-7-5-12(6-8-13)19-15(9-22)18(26-20-24-11-25-27(19)20)16-10-23-17-4-2-1-3-14(16)17/h1-8,10-11,23H. The van der Waals surface area contributed by atoms with Crippen molar-refractivity contribution in [1.29, 1.82) is 5.26 Å². The average Bonchev–Trinajstić information content (AvgIpc) is 3.34. The molecule has 1 N–H and O–H groups in total. The van der Waals surface area contributed by atoms with Crippen LogP contribution in [-0.2, 0) is 0 Å². The highest BCUT2D eigenvalue weighted by Gasteiger charge is 2.21. The van der Waals surface area contributed by atoms with Gasteiger partial charge in [0.15, 0.2) is 0 Å². The second-order valence-electron chi connectivity index (χ2n) is 6.02. The highest BCUT2D eigenvalue weighted by molar-refractivity contribution is 5.97. The van der Waals surface area contributed by atoms with E-state index in [-0.39, 0.29) is 5.82 Å². The summed E-state index contributed by atoms with van der Waals surface area (Å²) in [6, 6.07) is 16.0. The van der Waals surface area contributed by atoms with Crippen LogP contribution in [0.25, 0.3) is 39.2 Å². The van der Waals surface area contributed by atoms with E-state index in [2.05, 4.69) is 26.1 Å². The van der Waals surface area contributed by atoms with Gasteiger partial charge in [0.25, 0.3) is 5.78 Å². The molecular formula is C20H11FN6. The van der Waals surface area contributed by atoms with Gasteiger partial charge in [0.05, 0.1) is 11.4 Å². The van der Waals surface area contributed by atoms with E-state index in [1.165, 1.54) is 23.0 Å². The molecule has 7 heteroatoms. The van der Waals surface area contributed by atoms with Gasteiger partial charge in [-0.2, -0.15) is 19.9 Å². The van der Waals surface area contributed by atoms with Crippen molar-refractivity contribution in [2.24, 2.45) is 0 Å². The van der Waals surface area contributed by atoms with Crippen LogP contribution in [0.3, 0.4) is 0 Å². The first-order chi connectivity index (χ1) is 13.3. The summed E-state index contributed by atoms with van der Waals surface area (Å²) in [5.41, 5.74) is 3.80. The van der Waals surface area contributed by atoms with Crippen molar-refractivity contribution in [2.75, 3.05) is 0 Å². The SMILES string of the molecule is N#Cc1c(-c2c[nH]c3ccccc23)nc2ncnn2c1-c1ccc(F)cc1. The molecule has 27 heavy (non-hydrogen) atoms. The van der Waals surface area contributed by atoms with Gasteiger partial charge in [-0.05, 0) is 30.3 Å². The third-order valence-electron chi connectivity index (χ3n) is 4.50. The summed E-state index contributed by atoms with van der Waals surface area (Å²) in [5, 5.41) is 15.1. The lowest BCUT2D eigenvalue weighted by atomic mass is 10.0. The first kappa shape index (κ1) is 15.2. The molecule has 0 unspecified atom stereocenters. The summed E-state index contributed by atoms with van der Waals surface area (Å²) in [4.78, 5) is 12.0. The topological polar surface area (TPSA) is 82.7 Å². The highest BCUT2D eigenvalue weighted by atomic mass is 19.1. The molecule has 128 valence electrons. The molecule has 0 aliphatic heterocycles. The number of para-hydroxylation sites is 1. The van der Waals surface area contributed by atoms with Crippen LogP contribution in [0.4, 0.5) is 4.39 Å². The zero-order chi connectivity index (χ0) is 18.4. The van der Waals surface area contributed by atoms with Crippen molar-refractivity contribution in [3.05, 3.63) is 72.4 Å². The van der Waals surface area contributed by atoms with Crippen LogP contribution >= 0.6 is 0 Å². The molecule has 0 spiro atoms. The minimum Gasteiger partial charge on any atom is -0.360 e. The summed E-state index contributed by atoms with van der Waals surface area (Å²) in [7, 11) is 0. The third-order valence-corrected chi connectivity index (χ3v) is 4.50. The van der Waals surface area contributed by atoms with E-state index in [4.69, 9.17) is 0 Å². The Morgan fingerprint density at radius 3 is 2.70 bits per heavy atom. The largest absolute Gasteiger partial charge is 0.360 e. The van der Waals surface area contributed by atoms with Crippen molar-refractivity contribution in [1.82, 2.24) is 24.6 Å². The number of nitrogens with zero attached hydrogens (tertiary/aromatic N) is 5. The number of hydrogen-bond donors (Lipinski definition) is 1. The Labute approximate surface area is 152 Å². The molecule has 0 fully saturated rings. The van der Waals surface area contributed by atoms with Crippen LogP contribution in [-0.4, -0.2) is 24.6 Å². The smallest absolute Gasteiger partial charge is 0.253 e. The fraction of sp³-hybridized carbons (Fsp3) is 0. The predicted molar refractivity (Wildman–Crippen MR) is 98.2 cm³/mol. The van der Waals surface area contributed by atoms with Gasteiger partial charge in [-0.25, -0.2) is 9.37 Å². The highest BCUT2D eigenvalue weighted by Crippen LogP contribution is 2.34. The Hall–Kier alpha value is -4.05. The molecule has 0 saturated heterocycles. The second kappa shape index (κ2) is 5.75. The van der Waals surface area contributed by atoms with Gasteiger partial charge in [0.1, 0.15) is 23.8 Å². The number of halogens is 1. The molecule has 0 saturated carbocycles. The Kier molecular flexibility index (Phi) is 3.24. The van der Waals surface area contributed by atoms with E-state index >= 15 is 0 Å². The van der Waals surface area contributed by atoms with Crippen molar-refractivity contribution >= 4 is 16.7 Å². The van der Waals surface area contributed by atoms with Crippen LogP contribution < -0.4 is 0 Å². The Bertz CT molecular complexity index is 1340. The summed E-state index contributed by atoms with van der Waals surface area (Å²) < 4.78 is 14.9. The number of rotatable bonds is 2. The minimum atomic E-state index is -0.349. The average molecular weight is 354 g/mol. The van der Waals surface area contributed by atoms with E-state index in [1.54, 1.807) is 12.1 Å². The maximum atomic E-state index is 13.4. The minimum absolute atomic E-state index is 0.349. The Morgan fingerprint density at radius 1 is 1.07 bits per heavy atom. The molecule has 6 nitrogen and oxygen atoms in total. The fourth-order valence-corrected chi connectivity index (χ4v) is 3.29. The first-order valence-corrected chi connectivity index (χ1v) is 8.22. The van der Waals surface area contributed by atoms with E-state index < -0.39 is 0 Å². The van der Waals surface area contributed by atoms with Crippen molar-refractivity contribution < 1.29 is 4.39 Å². The summed E-state index contributed by atoms with van der Waals surface area (Å²) in [6.45, 7) is 0. The molecule has 3 heterocycles. The third kappa shape index (κ3) is 2.28. The van der Waals surface area contributed by atoms with Gasteiger partial charge in [0, 0.05) is 28.2 Å². The fourth-order valence-electron chi connectivity index (χ4n) is 3.29. The van der Waals surface area contributed by atoms with Gasteiger partial charge < -0.3 is 4.98 Å². The maximum absolute atomic E-state index is 13.4. The van der Waals surface area contributed by atoms with E-state index in [0.717, 1.165) is 16.5 Å². The van der Waals surface area contributed by atoms with Crippen LogP contribution in [0.15, 0.2) is 61.1 Å². The molecule has 2 aromatic carbocycles. The number of aromatic nitrogens is 5. The Morgan fingerprint density at radius 2 is 1.89 bits per heavy atom. The number of fused-ring (bicyclic) bond motifs is 2. The first-order valence-electron chi connectivity index (χ1n) is 8.22. The van der Waals surface area contributed by atoms with Gasteiger partial charge in [-0.1, -0.05) is 18.2 Å².